The van der Waals surface area contributed by atoms with Gasteiger partial charge in [0.05, 0.1) is 12.2 Å². The lowest BCUT2D eigenvalue weighted by molar-refractivity contribution is -0.0254. The summed E-state index contributed by atoms with van der Waals surface area (Å²) in [7, 11) is 0. The van der Waals surface area contributed by atoms with E-state index in [1.807, 2.05) is 48.5 Å². The first-order valence-corrected chi connectivity index (χ1v) is 13.2. The predicted octanol–water partition coefficient (Wildman–Crippen LogP) is 6.63. The summed E-state index contributed by atoms with van der Waals surface area (Å²) in [6.07, 6.45) is 8.14. The molecule has 5 nitrogen and oxygen atoms in total. The molecule has 2 aliphatic heterocycles. The summed E-state index contributed by atoms with van der Waals surface area (Å²) >= 11 is 6.03. The Labute approximate surface area is 218 Å². The first kappa shape index (κ1) is 24.8. The highest BCUT2D eigenvalue weighted by Gasteiger charge is 2.33. The standard InChI is InChI=1S/C30H33ClN2O3/c1-2-20-35-27-8-3-9-28-26(27)21-22(25-7-4-16-32-29(25)36-28)6-5-17-33-18-14-30(34,15-19-33)23-10-12-24(31)13-11-23/h3-4,6-13,16,34H,2,5,14-15,17-21H2,1H3/b22-6-. The monoisotopic (exact) mass is 504 g/mol. The molecule has 36 heavy (non-hydrogen) atoms. The second-order valence-electron chi connectivity index (χ2n) is 9.61. The van der Waals surface area contributed by atoms with Gasteiger partial charge in [-0.25, -0.2) is 4.98 Å². The third-order valence-electron chi connectivity index (χ3n) is 7.14. The number of allylic oxidation sites excluding steroid dienone is 1. The smallest absolute Gasteiger partial charge is 0.226 e. The normalized spacial score (nSPS) is 18.1. The predicted molar refractivity (Wildman–Crippen MR) is 144 cm³/mol. The molecule has 1 aromatic heterocycles. The number of hydrogen-bond donors (Lipinski definition) is 1. The van der Waals surface area contributed by atoms with E-state index in [1.54, 1.807) is 6.20 Å². The molecule has 0 saturated carbocycles. The molecule has 6 heteroatoms. The molecule has 1 N–H and O–H groups in total. The lowest BCUT2D eigenvalue weighted by atomic mass is 9.84. The number of piperidine rings is 1. The van der Waals surface area contributed by atoms with Crippen molar-refractivity contribution in [3.63, 3.8) is 0 Å². The van der Waals surface area contributed by atoms with E-state index in [9.17, 15) is 5.11 Å². The summed E-state index contributed by atoms with van der Waals surface area (Å²) in [5.74, 6) is 2.33. The maximum absolute atomic E-state index is 11.2. The third kappa shape index (κ3) is 5.44. The zero-order valence-corrected chi connectivity index (χ0v) is 21.5. The van der Waals surface area contributed by atoms with Crippen LogP contribution in [0.1, 0.15) is 49.3 Å². The van der Waals surface area contributed by atoms with Gasteiger partial charge in [-0.2, -0.15) is 0 Å². The topological polar surface area (TPSA) is 54.8 Å². The van der Waals surface area contributed by atoms with E-state index in [0.717, 1.165) is 79.9 Å². The van der Waals surface area contributed by atoms with Crippen LogP contribution in [0.5, 0.6) is 17.4 Å². The number of aliphatic hydroxyl groups is 1. The minimum atomic E-state index is -0.776. The fourth-order valence-corrected chi connectivity index (χ4v) is 5.19. The number of likely N-dealkylation sites (tertiary alicyclic amines) is 1. The van der Waals surface area contributed by atoms with Crippen molar-refractivity contribution in [1.29, 1.82) is 0 Å². The highest BCUT2D eigenvalue weighted by molar-refractivity contribution is 6.30. The zero-order chi connectivity index (χ0) is 25.0. The quantitative estimate of drug-likeness (QED) is 0.391. The van der Waals surface area contributed by atoms with Crippen molar-refractivity contribution in [3.8, 4) is 17.4 Å². The molecule has 0 unspecified atom stereocenters. The van der Waals surface area contributed by atoms with Gasteiger partial charge >= 0.3 is 0 Å². The molecule has 0 amide bonds. The largest absolute Gasteiger partial charge is 0.493 e. The van der Waals surface area contributed by atoms with Crippen molar-refractivity contribution in [3.05, 3.63) is 88.6 Å². The zero-order valence-electron chi connectivity index (χ0n) is 20.8. The fourth-order valence-electron chi connectivity index (χ4n) is 5.07. The minimum absolute atomic E-state index is 0.640. The van der Waals surface area contributed by atoms with Crippen molar-refractivity contribution in [2.24, 2.45) is 0 Å². The molecule has 0 atom stereocenters. The summed E-state index contributed by atoms with van der Waals surface area (Å²) < 4.78 is 12.3. The molecule has 5 rings (SSSR count). The summed E-state index contributed by atoms with van der Waals surface area (Å²) in [6.45, 7) is 5.46. The molecule has 3 heterocycles. The second-order valence-corrected chi connectivity index (χ2v) is 10.1. The molecule has 0 aliphatic carbocycles. The van der Waals surface area contributed by atoms with E-state index < -0.39 is 5.60 Å². The van der Waals surface area contributed by atoms with Gasteiger partial charge in [-0.15, -0.1) is 0 Å². The van der Waals surface area contributed by atoms with E-state index in [1.165, 1.54) is 5.57 Å². The number of halogens is 1. The van der Waals surface area contributed by atoms with Crippen LogP contribution in [0.3, 0.4) is 0 Å². The van der Waals surface area contributed by atoms with Crippen LogP contribution in [0.25, 0.3) is 5.57 Å². The lowest BCUT2D eigenvalue weighted by Crippen LogP contribution is -2.42. The van der Waals surface area contributed by atoms with Gasteiger partial charge in [-0.1, -0.05) is 42.8 Å². The Morgan fingerprint density at radius 1 is 1.11 bits per heavy atom. The van der Waals surface area contributed by atoms with Crippen LogP contribution in [0.4, 0.5) is 0 Å². The number of pyridine rings is 1. The molecule has 2 aliphatic rings. The first-order valence-electron chi connectivity index (χ1n) is 12.8. The van der Waals surface area contributed by atoms with E-state index >= 15 is 0 Å². The fraction of sp³-hybridized carbons (Fsp3) is 0.367. The summed E-state index contributed by atoms with van der Waals surface area (Å²) in [4.78, 5) is 6.95. The first-order chi connectivity index (χ1) is 17.6. The molecular formula is C30H33ClN2O3. The number of fused-ring (bicyclic) bond motifs is 2. The molecule has 0 bridgehead atoms. The molecule has 1 fully saturated rings. The SMILES string of the molecule is CCCOc1cccc2c1C/C(=C/CCN1CCC(O)(c3ccc(Cl)cc3)CC1)c1cccnc1O2. The molecule has 2 aromatic carbocycles. The molecular weight excluding hydrogens is 472 g/mol. The Morgan fingerprint density at radius 2 is 1.92 bits per heavy atom. The van der Waals surface area contributed by atoms with E-state index in [4.69, 9.17) is 21.1 Å². The average molecular weight is 505 g/mol. The number of nitrogens with zero attached hydrogens (tertiary/aromatic N) is 2. The summed E-state index contributed by atoms with van der Waals surface area (Å²) in [5.41, 5.74) is 3.49. The average Bonchev–Trinajstić information content (AvgIpc) is 3.06. The van der Waals surface area contributed by atoms with Gasteiger partial charge < -0.3 is 19.5 Å². The van der Waals surface area contributed by atoms with Crippen LogP contribution in [-0.2, 0) is 12.0 Å². The van der Waals surface area contributed by atoms with Crippen molar-refractivity contribution < 1.29 is 14.6 Å². The number of aromatic nitrogens is 1. The highest BCUT2D eigenvalue weighted by Crippen LogP contribution is 2.41. The van der Waals surface area contributed by atoms with Crippen molar-refractivity contribution in [2.45, 2.75) is 44.6 Å². The number of ether oxygens (including phenoxy) is 2. The summed E-state index contributed by atoms with van der Waals surface area (Å²) in [5, 5.41) is 11.9. The van der Waals surface area contributed by atoms with Gasteiger partial charge in [0, 0.05) is 48.4 Å². The van der Waals surface area contributed by atoms with E-state index in [2.05, 4.69) is 29.0 Å². The van der Waals surface area contributed by atoms with Crippen LogP contribution < -0.4 is 9.47 Å². The Balaban J connectivity index is 1.28. The van der Waals surface area contributed by atoms with Crippen molar-refractivity contribution in [2.75, 3.05) is 26.2 Å². The van der Waals surface area contributed by atoms with Gasteiger partial charge in [0.15, 0.2) is 0 Å². The molecule has 1 saturated heterocycles. The Morgan fingerprint density at radius 3 is 2.69 bits per heavy atom. The van der Waals surface area contributed by atoms with Crippen LogP contribution in [-0.4, -0.2) is 41.2 Å². The van der Waals surface area contributed by atoms with Crippen LogP contribution in [0, 0.1) is 0 Å². The number of benzene rings is 2. The summed E-state index contributed by atoms with van der Waals surface area (Å²) in [6, 6.07) is 17.6. The lowest BCUT2D eigenvalue weighted by Gasteiger charge is -2.38. The molecule has 0 spiro atoms. The second kappa shape index (κ2) is 11.0. The van der Waals surface area contributed by atoms with Crippen LogP contribution in [0.15, 0.2) is 66.9 Å². The Hall–Kier alpha value is -2.86. The van der Waals surface area contributed by atoms with Gasteiger partial charge in [-0.3, -0.25) is 0 Å². The van der Waals surface area contributed by atoms with Gasteiger partial charge in [0.1, 0.15) is 11.5 Å². The Kier molecular flexibility index (Phi) is 7.61. The third-order valence-corrected chi connectivity index (χ3v) is 7.40. The van der Waals surface area contributed by atoms with E-state index in [0.29, 0.717) is 17.5 Å². The van der Waals surface area contributed by atoms with Gasteiger partial charge in [-0.05, 0) is 73.2 Å². The van der Waals surface area contributed by atoms with Crippen LogP contribution in [0.2, 0.25) is 5.02 Å². The molecule has 3 aromatic rings. The molecule has 188 valence electrons. The van der Waals surface area contributed by atoms with Crippen LogP contribution >= 0.6 is 11.6 Å². The number of hydrogen-bond acceptors (Lipinski definition) is 5. The molecule has 0 radical (unpaired) electrons. The van der Waals surface area contributed by atoms with Crippen molar-refractivity contribution >= 4 is 17.2 Å². The highest BCUT2D eigenvalue weighted by atomic mass is 35.5. The maximum atomic E-state index is 11.2. The van der Waals surface area contributed by atoms with Crippen molar-refractivity contribution in [1.82, 2.24) is 9.88 Å². The van der Waals surface area contributed by atoms with E-state index in [-0.39, 0.29) is 0 Å². The van der Waals surface area contributed by atoms with Gasteiger partial charge in [0.25, 0.3) is 0 Å². The minimum Gasteiger partial charge on any atom is -0.493 e. The Bertz CT molecular complexity index is 1220. The maximum Gasteiger partial charge on any atom is 0.226 e. The number of rotatable bonds is 7. The van der Waals surface area contributed by atoms with Gasteiger partial charge in [0.2, 0.25) is 5.88 Å².